The number of nitrogens with zero attached hydrogens (tertiary/aromatic N) is 1. The predicted octanol–water partition coefficient (Wildman–Crippen LogP) is 0.993. The van der Waals surface area contributed by atoms with Crippen LogP contribution in [0.4, 0.5) is 5.69 Å². The molecule has 0 heterocycles. The van der Waals surface area contributed by atoms with Crippen molar-refractivity contribution in [1.82, 2.24) is 0 Å². The van der Waals surface area contributed by atoms with Gasteiger partial charge in [-0.25, -0.2) is 0 Å². The lowest BCUT2D eigenvalue weighted by Gasteiger charge is -1.96. The Morgan fingerprint density at radius 3 is 2.64 bits per heavy atom. The van der Waals surface area contributed by atoms with Gasteiger partial charge in [0.25, 0.3) is 5.69 Å². The van der Waals surface area contributed by atoms with E-state index in [9.17, 15) is 10.1 Å². The molecular weight excluding hydrogens is 256 g/mol. The first-order valence-electron chi connectivity index (χ1n) is 2.80. The fourth-order valence-corrected chi connectivity index (χ4v) is 1.15. The lowest BCUT2D eigenvalue weighted by atomic mass is 9.94. The Kier molecular flexibility index (Phi) is 2.48. The van der Waals surface area contributed by atoms with Crippen LogP contribution in [0.3, 0.4) is 0 Å². The van der Waals surface area contributed by atoms with Crippen LogP contribution in [0.25, 0.3) is 0 Å². The van der Waals surface area contributed by atoms with Crippen molar-refractivity contribution >= 4 is 41.6 Å². The van der Waals surface area contributed by atoms with E-state index < -0.39 is 4.92 Å². The maximum absolute atomic E-state index is 10.3. The summed E-state index contributed by atoms with van der Waals surface area (Å²) in [7, 11) is 5.35. The number of rotatable bonds is 1. The highest BCUT2D eigenvalue weighted by atomic mass is 127. The zero-order chi connectivity index (χ0) is 8.43. The largest absolute Gasteiger partial charge is 0.263 e. The van der Waals surface area contributed by atoms with E-state index in [2.05, 4.69) is 0 Å². The Balaban J connectivity index is 3.23. The first-order valence-corrected chi connectivity index (χ1v) is 3.88. The summed E-state index contributed by atoms with van der Waals surface area (Å²) in [5, 5.41) is 10.3. The van der Waals surface area contributed by atoms with Gasteiger partial charge in [0.1, 0.15) is 7.85 Å². The smallest absolute Gasteiger partial charge is 0.258 e. The molecule has 0 aliphatic carbocycles. The molecule has 0 fully saturated rings. The molecule has 0 spiro atoms. The molecule has 3 nitrogen and oxygen atoms in total. The van der Waals surface area contributed by atoms with E-state index in [1.807, 2.05) is 22.6 Å². The van der Waals surface area contributed by atoms with Gasteiger partial charge < -0.3 is 0 Å². The molecule has 0 N–H and O–H groups in total. The maximum Gasteiger partial charge on any atom is 0.263 e. The second-order valence-corrected chi connectivity index (χ2v) is 3.21. The molecule has 54 valence electrons. The van der Waals surface area contributed by atoms with E-state index in [4.69, 9.17) is 7.85 Å². The maximum atomic E-state index is 10.3. The second-order valence-electron chi connectivity index (χ2n) is 1.96. The average molecular weight is 259 g/mol. The molecule has 0 saturated carbocycles. The number of hydrogen-bond donors (Lipinski definition) is 0. The third kappa shape index (κ3) is 1.92. The first-order chi connectivity index (χ1) is 5.11. The van der Waals surface area contributed by atoms with Crippen LogP contribution in [0.2, 0.25) is 0 Å². The Morgan fingerprint density at radius 1 is 1.55 bits per heavy atom. The molecule has 0 aromatic heterocycles. The van der Waals surface area contributed by atoms with E-state index in [0.717, 1.165) is 3.57 Å². The molecular formula is C6H3BINO2. The molecule has 0 aliphatic heterocycles. The highest BCUT2D eigenvalue weighted by molar-refractivity contribution is 14.1. The monoisotopic (exact) mass is 259 g/mol. The summed E-state index contributed by atoms with van der Waals surface area (Å²) >= 11 is 2.00. The van der Waals surface area contributed by atoms with Gasteiger partial charge in [-0.3, -0.25) is 10.1 Å². The number of nitro groups is 1. The summed E-state index contributed by atoms with van der Waals surface area (Å²) in [6.45, 7) is 0. The summed E-state index contributed by atoms with van der Waals surface area (Å²) < 4.78 is 0.809. The van der Waals surface area contributed by atoms with Crippen molar-refractivity contribution in [3.05, 3.63) is 31.9 Å². The van der Waals surface area contributed by atoms with Gasteiger partial charge in [0, 0.05) is 9.64 Å². The lowest BCUT2D eigenvalue weighted by Crippen LogP contribution is -2.08. The molecule has 1 aromatic rings. The molecule has 2 radical (unpaired) electrons. The summed E-state index contributed by atoms with van der Waals surface area (Å²) in [6, 6.07) is 4.69. The Hall–Kier alpha value is -0.585. The van der Waals surface area contributed by atoms with Gasteiger partial charge in [0.15, 0.2) is 0 Å². The zero-order valence-electron chi connectivity index (χ0n) is 5.45. The average Bonchev–Trinajstić information content (AvgIpc) is 1.94. The number of halogens is 1. The van der Waals surface area contributed by atoms with E-state index in [-0.39, 0.29) is 11.2 Å². The second kappa shape index (κ2) is 3.21. The normalized spacial score (nSPS) is 9.55. The van der Waals surface area contributed by atoms with Gasteiger partial charge in [-0.05, 0) is 34.1 Å². The van der Waals surface area contributed by atoms with Crippen LogP contribution >= 0.6 is 22.6 Å². The van der Waals surface area contributed by atoms with Gasteiger partial charge in [-0.15, -0.1) is 0 Å². The fraction of sp³-hybridized carbons (Fsp3) is 0. The van der Waals surface area contributed by atoms with E-state index in [0.29, 0.717) is 0 Å². The summed E-state index contributed by atoms with van der Waals surface area (Å²) in [4.78, 5) is 9.81. The van der Waals surface area contributed by atoms with Crippen molar-refractivity contribution in [1.29, 1.82) is 0 Å². The van der Waals surface area contributed by atoms with Crippen LogP contribution in [0.5, 0.6) is 0 Å². The van der Waals surface area contributed by atoms with Crippen LogP contribution in [0.15, 0.2) is 18.2 Å². The van der Waals surface area contributed by atoms with E-state index in [1.165, 1.54) is 12.1 Å². The fourth-order valence-electron chi connectivity index (χ4n) is 0.675. The van der Waals surface area contributed by atoms with Gasteiger partial charge in [0.2, 0.25) is 0 Å². The zero-order valence-corrected chi connectivity index (χ0v) is 7.61. The third-order valence-corrected chi connectivity index (χ3v) is 1.86. The third-order valence-electron chi connectivity index (χ3n) is 1.19. The SMILES string of the molecule is [B]c1ccc(I)cc1[N+](=O)[O-]. The van der Waals surface area contributed by atoms with Crippen LogP contribution in [0, 0.1) is 13.7 Å². The molecule has 11 heavy (non-hydrogen) atoms. The van der Waals surface area contributed by atoms with Gasteiger partial charge in [-0.2, -0.15) is 0 Å². The van der Waals surface area contributed by atoms with Gasteiger partial charge in [0.05, 0.1) is 4.92 Å². The standard InChI is InChI=1S/C6H3BINO2/c7-5-2-1-4(8)3-6(5)9(10)11/h1-3H. The molecule has 0 unspecified atom stereocenters. The molecule has 1 rings (SSSR count). The van der Waals surface area contributed by atoms with Crippen molar-refractivity contribution in [3.63, 3.8) is 0 Å². The van der Waals surface area contributed by atoms with Crippen LogP contribution in [-0.4, -0.2) is 12.8 Å². The highest BCUT2D eigenvalue weighted by Crippen LogP contribution is 2.11. The minimum absolute atomic E-state index is 0.0306. The quantitative estimate of drug-likeness (QED) is 0.326. The van der Waals surface area contributed by atoms with Crippen molar-refractivity contribution in [3.8, 4) is 0 Å². The number of hydrogen-bond acceptors (Lipinski definition) is 2. The van der Waals surface area contributed by atoms with E-state index in [1.54, 1.807) is 6.07 Å². The molecule has 5 heteroatoms. The number of benzene rings is 1. The molecule has 0 atom stereocenters. The predicted molar refractivity (Wildman–Crippen MR) is 51.2 cm³/mol. The lowest BCUT2D eigenvalue weighted by molar-refractivity contribution is -0.383. The first kappa shape index (κ1) is 8.51. The van der Waals surface area contributed by atoms with Crippen LogP contribution in [0.1, 0.15) is 0 Å². The summed E-state index contributed by atoms with van der Waals surface area (Å²) in [6.07, 6.45) is 0. The Labute approximate surface area is 78.5 Å². The van der Waals surface area contributed by atoms with Gasteiger partial charge >= 0.3 is 0 Å². The Bertz CT molecular complexity index is 303. The highest BCUT2D eigenvalue weighted by Gasteiger charge is 2.08. The topological polar surface area (TPSA) is 43.1 Å². The van der Waals surface area contributed by atoms with Crippen molar-refractivity contribution < 1.29 is 4.92 Å². The van der Waals surface area contributed by atoms with Crippen molar-refractivity contribution in [2.24, 2.45) is 0 Å². The van der Waals surface area contributed by atoms with E-state index >= 15 is 0 Å². The molecule has 0 aliphatic rings. The minimum Gasteiger partial charge on any atom is -0.258 e. The number of nitro benzene ring substituents is 1. The van der Waals surface area contributed by atoms with Crippen LogP contribution in [-0.2, 0) is 0 Å². The van der Waals surface area contributed by atoms with Gasteiger partial charge in [-0.1, -0.05) is 6.07 Å². The molecule has 0 saturated heterocycles. The summed E-state index contributed by atoms with van der Waals surface area (Å²) in [5.41, 5.74) is 0.173. The van der Waals surface area contributed by atoms with Crippen LogP contribution < -0.4 is 5.46 Å². The molecule has 1 aromatic carbocycles. The summed E-state index contributed by atoms with van der Waals surface area (Å²) in [5.74, 6) is 0. The van der Waals surface area contributed by atoms with Crippen molar-refractivity contribution in [2.75, 3.05) is 0 Å². The van der Waals surface area contributed by atoms with Crippen molar-refractivity contribution in [2.45, 2.75) is 0 Å². The minimum atomic E-state index is -0.489. The Morgan fingerprint density at radius 2 is 2.18 bits per heavy atom. The molecule has 0 amide bonds. The molecule has 0 bridgehead atoms.